The van der Waals surface area contributed by atoms with E-state index in [-0.39, 0.29) is 17.9 Å². The molecule has 140 valence electrons. The molecule has 4 nitrogen and oxygen atoms in total. The molecule has 26 heavy (non-hydrogen) atoms. The standard InChI is InChI=1S/C20H25BrN2O2S/c1-3-13-23(15(2)16-8-4-5-9-17(16)21)19(24)11-6-12-22-20(25)18-10-7-14-26-18/h4-5,7-10,14-15H,3,6,11-13H2,1-2H3,(H,22,25). The maximum atomic E-state index is 12.7. The molecule has 0 fully saturated rings. The Bertz CT molecular complexity index is 718. The lowest BCUT2D eigenvalue weighted by Gasteiger charge is -2.30. The number of carbonyl (C=O) groups excluding carboxylic acids is 2. The van der Waals surface area contributed by atoms with E-state index in [1.807, 2.05) is 40.6 Å². The number of amides is 2. The zero-order valence-corrected chi connectivity index (χ0v) is 17.6. The third-order valence-electron chi connectivity index (χ3n) is 4.21. The molecule has 0 aliphatic rings. The van der Waals surface area contributed by atoms with E-state index in [0.717, 1.165) is 23.0 Å². The number of hydrogen-bond donors (Lipinski definition) is 1. The highest BCUT2D eigenvalue weighted by Crippen LogP contribution is 2.28. The van der Waals surface area contributed by atoms with Gasteiger partial charge in [-0.25, -0.2) is 0 Å². The first-order chi connectivity index (χ1) is 12.5. The number of rotatable bonds is 9. The highest BCUT2D eigenvalue weighted by Gasteiger charge is 2.21. The molecule has 0 radical (unpaired) electrons. The molecule has 2 rings (SSSR count). The van der Waals surface area contributed by atoms with Crippen LogP contribution >= 0.6 is 27.3 Å². The van der Waals surface area contributed by atoms with Gasteiger partial charge in [-0.3, -0.25) is 9.59 Å². The zero-order chi connectivity index (χ0) is 18.9. The van der Waals surface area contributed by atoms with Crippen LogP contribution in [-0.4, -0.2) is 29.8 Å². The Morgan fingerprint density at radius 3 is 2.65 bits per heavy atom. The monoisotopic (exact) mass is 436 g/mol. The van der Waals surface area contributed by atoms with Crippen molar-refractivity contribution in [2.75, 3.05) is 13.1 Å². The minimum Gasteiger partial charge on any atom is -0.351 e. The Balaban J connectivity index is 1.87. The molecule has 1 N–H and O–H groups in total. The van der Waals surface area contributed by atoms with Crippen molar-refractivity contribution >= 4 is 39.1 Å². The fourth-order valence-electron chi connectivity index (χ4n) is 2.84. The van der Waals surface area contributed by atoms with Crippen LogP contribution in [0, 0.1) is 0 Å². The lowest BCUT2D eigenvalue weighted by molar-refractivity contribution is -0.133. The molecule has 2 aromatic rings. The first kappa shape index (κ1) is 20.6. The van der Waals surface area contributed by atoms with Crippen molar-refractivity contribution in [2.45, 2.75) is 39.2 Å². The molecular formula is C20H25BrN2O2S. The van der Waals surface area contributed by atoms with Crippen LogP contribution in [0.2, 0.25) is 0 Å². The second-order valence-corrected chi connectivity index (χ2v) is 7.92. The van der Waals surface area contributed by atoms with Crippen molar-refractivity contribution in [2.24, 2.45) is 0 Å². The van der Waals surface area contributed by atoms with Gasteiger partial charge in [0.25, 0.3) is 5.91 Å². The number of hydrogen-bond acceptors (Lipinski definition) is 3. The Hall–Kier alpha value is -1.66. The molecule has 0 bridgehead atoms. The van der Waals surface area contributed by atoms with Crippen molar-refractivity contribution in [3.05, 3.63) is 56.7 Å². The van der Waals surface area contributed by atoms with Crippen LogP contribution in [0.1, 0.15) is 54.4 Å². The normalized spacial score (nSPS) is 11.8. The van der Waals surface area contributed by atoms with E-state index in [2.05, 4.69) is 35.1 Å². The average Bonchev–Trinajstić information content (AvgIpc) is 3.17. The number of carbonyl (C=O) groups is 2. The van der Waals surface area contributed by atoms with Gasteiger partial charge in [-0.1, -0.05) is 47.1 Å². The third kappa shape index (κ3) is 5.68. The van der Waals surface area contributed by atoms with Gasteiger partial charge in [0.05, 0.1) is 10.9 Å². The summed E-state index contributed by atoms with van der Waals surface area (Å²) in [6, 6.07) is 11.7. The molecule has 1 unspecified atom stereocenters. The van der Waals surface area contributed by atoms with Crippen LogP contribution in [0.3, 0.4) is 0 Å². The van der Waals surface area contributed by atoms with Gasteiger partial charge >= 0.3 is 0 Å². The van der Waals surface area contributed by atoms with Gasteiger partial charge in [0, 0.05) is 24.0 Å². The summed E-state index contributed by atoms with van der Waals surface area (Å²) in [6.07, 6.45) is 1.98. The van der Waals surface area contributed by atoms with E-state index in [1.54, 1.807) is 6.07 Å². The topological polar surface area (TPSA) is 49.4 Å². The highest BCUT2D eigenvalue weighted by atomic mass is 79.9. The highest BCUT2D eigenvalue weighted by molar-refractivity contribution is 9.10. The number of nitrogens with zero attached hydrogens (tertiary/aromatic N) is 1. The summed E-state index contributed by atoms with van der Waals surface area (Å²) < 4.78 is 1.02. The van der Waals surface area contributed by atoms with E-state index in [0.29, 0.717) is 24.3 Å². The summed E-state index contributed by atoms with van der Waals surface area (Å²) >= 11 is 5.00. The summed E-state index contributed by atoms with van der Waals surface area (Å²) in [4.78, 5) is 27.3. The van der Waals surface area contributed by atoms with Gasteiger partial charge in [-0.15, -0.1) is 11.3 Å². The molecule has 0 aliphatic carbocycles. The molecule has 1 heterocycles. The second-order valence-electron chi connectivity index (χ2n) is 6.12. The summed E-state index contributed by atoms with van der Waals surface area (Å²) in [5.74, 6) is 0.0555. The van der Waals surface area contributed by atoms with E-state index in [4.69, 9.17) is 0 Å². The minimum absolute atomic E-state index is 0.0127. The van der Waals surface area contributed by atoms with E-state index >= 15 is 0 Å². The van der Waals surface area contributed by atoms with Crippen LogP contribution in [0.25, 0.3) is 0 Å². The molecule has 1 aromatic carbocycles. The van der Waals surface area contributed by atoms with E-state index in [1.165, 1.54) is 11.3 Å². The second kappa shape index (κ2) is 10.5. The summed E-state index contributed by atoms with van der Waals surface area (Å²) in [5, 5.41) is 4.75. The van der Waals surface area contributed by atoms with Crippen molar-refractivity contribution in [3.63, 3.8) is 0 Å². The SMILES string of the molecule is CCCN(C(=O)CCCNC(=O)c1cccs1)C(C)c1ccccc1Br. The molecule has 2 amide bonds. The van der Waals surface area contributed by atoms with Gasteiger partial charge in [-0.2, -0.15) is 0 Å². The molecule has 0 saturated carbocycles. The van der Waals surface area contributed by atoms with Gasteiger partial charge in [0.2, 0.25) is 5.91 Å². The van der Waals surface area contributed by atoms with E-state index in [9.17, 15) is 9.59 Å². The van der Waals surface area contributed by atoms with Gasteiger partial charge in [-0.05, 0) is 42.8 Å². The molecule has 0 spiro atoms. The predicted molar refractivity (Wildman–Crippen MR) is 110 cm³/mol. The van der Waals surface area contributed by atoms with Crippen LogP contribution in [0.5, 0.6) is 0 Å². The van der Waals surface area contributed by atoms with Crippen molar-refractivity contribution in [1.29, 1.82) is 0 Å². The lowest BCUT2D eigenvalue weighted by Crippen LogP contribution is -2.35. The van der Waals surface area contributed by atoms with Crippen molar-refractivity contribution < 1.29 is 9.59 Å². The number of thiophene rings is 1. The molecule has 0 saturated heterocycles. The molecule has 1 atom stereocenters. The summed E-state index contributed by atoms with van der Waals surface area (Å²) in [6.45, 7) is 5.37. The summed E-state index contributed by atoms with van der Waals surface area (Å²) in [7, 11) is 0. The third-order valence-corrected chi connectivity index (χ3v) is 5.80. The Kier molecular flexibility index (Phi) is 8.32. The number of benzene rings is 1. The average molecular weight is 437 g/mol. The largest absolute Gasteiger partial charge is 0.351 e. The fourth-order valence-corrected chi connectivity index (χ4v) is 4.09. The van der Waals surface area contributed by atoms with Crippen LogP contribution in [0.15, 0.2) is 46.3 Å². The maximum absolute atomic E-state index is 12.7. The quantitative estimate of drug-likeness (QED) is 0.560. The zero-order valence-electron chi connectivity index (χ0n) is 15.2. The molecule has 1 aromatic heterocycles. The van der Waals surface area contributed by atoms with Crippen LogP contribution in [-0.2, 0) is 4.79 Å². The van der Waals surface area contributed by atoms with Crippen LogP contribution in [0.4, 0.5) is 0 Å². The number of halogens is 1. The van der Waals surface area contributed by atoms with Crippen molar-refractivity contribution in [1.82, 2.24) is 10.2 Å². The smallest absolute Gasteiger partial charge is 0.261 e. The number of nitrogens with one attached hydrogen (secondary N) is 1. The first-order valence-electron chi connectivity index (χ1n) is 8.90. The van der Waals surface area contributed by atoms with Crippen LogP contribution < -0.4 is 5.32 Å². The molecular weight excluding hydrogens is 412 g/mol. The first-order valence-corrected chi connectivity index (χ1v) is 10.6. The van der Waals surface area contributed by atoms with Gasteiger partial charge in [0.15, 0.2) is 0 Å². The molecule has 6 heteroatoms. The van der Waals surface area contributed by atoms with E-state index < -0.39 is 0 Å². The predicted octanol–water partition coefficient (Wildman–Crippen LogP) is 5.02. The van der Waals surface area contributed by atoms with Crippen molar-refractivity contribution in [3.8, 4) is 0 Å². The molecule has 0 aliphatic heterocycles. The summed E-state index contributed by atoms with van der Waals surface area (Å²) in [5.41, 5.74) is 1.11. The maximum Gasteiger partial charge on any atom is 0.261 e. The van der Waals surface area contributed by atoms with Gasteiger partial charge in [0.1, 0.15) is 0 Å². The Labute approximate surface area is 167 Å². The lowest BCUT2D eigenvalue weighted by atomic mass is 10.1. The fraction of sp³-hybridized carbons (Fsp3) is 0.400. The van der Waals surface area contributed by atoms with Gasteiger partial charge < -0.3 is 10.2 Å². The minimum atomic E-state index is -0.0700. The Morgan fingerprint density at radius 1 is 1.23 bits per heavy atom. The Morgan fingerprint density at radius 2 is 2.00 bits per heavy atom.